The number of halogens is 6. The summed E-state index contributed by atoms with van der Waals surface area (Å²) in [7, 11) is 0. The van der Waals surface area contributed by atoms with E-state index in [9.17, 15) is 36.3 Å². The molecule has 0 spiro atoms. The number of amides is 2. The Morgan fingerprint density at radius 1 is 1.18 bits per heavy atom. The van der Waals surface area contributed by atoms with Gasteiger partial charge in [-0.3, -0.25) is 14.4 Å². The predicted molar refractivity (Wildman–Crippen MR) is 108 cm³/mol. The van der Waals surface area contributed by atoms with E-state index in [-0.39, 0.29) is 40.5 Å². The van der Waals surface area contributed by atoms with Gasteiger partial charge in [-0.05, 0) is 36.4 Å². The van der Waals surface area contributed by atoms with E-state index in [0.717, 1.165) is 16.7 Å². The minimum absolute atomic E-state index is 0.0231. The van der Waals surface area contributed by atoms with E-state index in [0.29, 0.717) is 18.4 Å². The molecule has 3 aromatic rings. The first-order chi connectivity index (χ1) is 16.0. The topological polar surface area (TPSA) is 93.1 Å². The fourth-order valence-corrected chi connectivity index (χ4v) is 3.79. The fourth-order valence-electron chi connectivity index (χ4n) is 3.57. The highest BCUT2D eigenvalue weighted by atomic mass is 35.5. The highest BCUT2D eigenvalue weighted by molar-refractivity contribution is 6.31. The van der Waals surface area contributed by atoms with Crippen molar-refractivity contribution in [1.82, 2.24) is 14.9 Å². The lowest BCUT2D eigenvalue weighted by molar-refractivity contribution is -0.137. The van der Waals surface area contributed by atoms with E-state index in [4.69, 9.17) is 11.6 Å². The summed E-state index contributed by atoms with van der Waals surface area (Å²) in [6, 6.07) is 3.45. The molecule has 0 saturated heterocycles. The Bertz CT molecular complexity index is 1340. The van der Waals surface area contributed by atoms with Crippen LogP contribution in [0, 0.1) is 11.6 Å². The van der Waals surface area contributed by atoms with E-state index in [1.807, 2.05) is 0 Å². The predicted octanol–water partition coefficient (Wildman–Crippen LogP) is 4.12. The van der Waals surface area contributed by atoms with Crippen molar-refractivity contribution in [2.75, 3.05) is 5.32 Å². The van der Waals surface area contributed by atoms with Gasteiger partial charge in [-0.2, -0.15) is 13.2 Å². The number of aromatic nitrogens is 2. The third-order valence-corrected chi connectivity index (χ3v) is 5.35. The third-order valence-electron chi connectivity index (χ3n) is 5.01. The molecule has 2 N–H and O–H groups in total. The average Bonchev–Trinajstić information content (AvgIpc) is 3.11. The maximum Gasteiger partial charge on any atom is 0.416 e. The number of hydrogen-bond donors (Lipinski definition) is 2. The molecule has 34 heavy (non-hydrogen) atoms. The lowest BCUT2D eigenvalue weighted by Crippen LogP contribution is -2.40. The van der Waals surface area contributed by atoms with Crippen LogP contribution in [0.2, 0.25) is 5.02 Å². The van der Waals surface area contributed by atoms with Crippen molar-refractivity contribution < 1.29 is 36.3 Å². The van der Waals surface area contributed by atoms with Crippen LogP contribution in [0.5, 0.6) is 0 Å². The van der Waals surface area contributed by atoms with Crippen molar-refractivity contribution in [2.24, 2.45) is 0 Å². The van der Waals surface area contributed by atoms with Gasteiger partial charge in [0.05, 0.1) is 17.3 Å². The Morgan fingerprint density at radius 3 is 2.59 bits per heavy atom. The molecule has 0 bridgehead atoms. The molecule has 2 aromatic carbocycles. The molecule has 1 aliphatic heterocycles. The Hall–Kier alpha value is -3.80. The second-order valence-corrected chi connectivity index (χ2v) is 7.66. The molecule has 13 heteroatoms. The molecule has 176 valence electrons. The van der Waals surface area contributed by atoms with Crippen LogP contribution in [0.3, 0.4) is 0 Å². The van der Waals surface area contributed by atoms with Crippen molar-refractivity contribution in [3.63, 3.8) is 0 Å². The first kappa shape index (κ1) is 23.4. The van der Waals surface area contributed by atoms with E-state index >= 15 is 0 Å². The zero-order valence-corrected chi connectivity index (χ0v) is 17.5. The molecule has 2 heterocycles. The Labute approximate surface area is 192 Å². The van der Waals surface area contributed by atoms with Gasteiger partial charge in [0, 0.05) is 16.1 Å². The molecule has 0 saturated carbocycles. The molecule has 1 atom stereocenters. The van der Waals surface area contributed by atoms with Crippen LogP contribution in [-0.2, 0) is 17.5 Å². The van der Waals surface area contributed by atoms with Gasteiger partial charge in [0.2, 0.25) is 5.91 Å². The summed E-state index contributed by atoms with van der Waals surface area (Å²) in [5.74, 6) is -4.31. The maximum atomic E-state index is 13.9. The highest BCUT2D eigenvalue weighted by Crippen LogP contribution is 2.36. The molecule has 0 radical (unpaired) electrons. The zero-order valence-electron chi connectivity index (χ0n) is 16.7. The fraction of sp³-hybridized carbons (Fsp3) is 0.143. The number of nitrogens with zero attached hydrogens (tertiary/aromatic N) is 2. The van der Waals surface area contributed by atoms with Crippen LogP contribution in [0.1, 0.15) is 43.8 Å². The van der Waals surface area contributed by atoms with Crippen LogP contribution in [0.4, 0.5) is 27.8 Å². The normalized spacial score (nSPS) is 15.5. The lowest BCUT2D eigenvalue weighted by Gasteiger charge is -2.27. The number of benzene rings is 2. The summed E-state index contributed by atoms with van der Waals surface area (Å²) in [6.07, 6.45) is -4.61. The van der Waals surface area contributed by atoms with Gasteiger partial charge in [-0.25, -0.2) is 13.8 Å². The first-order valence-corrected chi connectivity index (χ1v) is 9.84. The standard InChI is InChI=1S/C21H12ClF5N4O3/c22-14-2-1-11(23)6-13(14)17-18-19(28-15(8-32)31(18)7-16(33)29-17)30-20(34)9-3-10(21(25,26)27)5-12(24)4-9/h1-6,8,17H,7H2,(H,29,33)(H,30,34). The number of anilines is 1. The third kappa shape index (κ3) is 4.36. The van der Waals surface area contributed by atoms with Crippen LogP contribution in [-0.4, -0.2) is 27.7 Å². The van der Waals surface area contributed by atoms with Gasteiger partial charge in [0.25, 0.3) is 5.91 Å². The summed E-state index contributed by atoms with van der Waals surface area (Å²) in [4.78, 5) is 40.4. The summed E-state index contributed by atoms with van der Waals surface area (Å²) >= 11 is 6.16. The Balaban J connectivity index is 1.80. The van der Waals surface area contributed by atoms with Crippen molar-refractivity contribution in [3.05, 3.63) is 81.3 Å². The molecule has 4 rings (SSSR count). The summed E-state index contributed by atoms with van der Waals surface area (Å²) in [6.45, 7) is -0.381. The molecule has 1 aliphatic rings. The number of carbonyl (C=O) groups is 3. The lowest BCUT2D eigenvalue weighted by atomic mass is 10.0. The quantitative estimate of drug-likeness (QED) is 0.418. The minimum atomic E-state index is -4.90. The summed E-state index contributed by atoms with van der Waals surface area (Å²) in [5.41, 5.74) is -1.94. The maximum absolute atomic E-state index is 13.9. The number of carbonyl (C=O) groups excluding carboxylic acids is 3. The first-order valence-electron chi connectivity index (χ1n) is 9.47. The van der Waals surface area contributed by atoms with Crippen molar-refractivity contribution >= 4 is 35.5 Å². The van der Waals surface area contributed by atoms with Crippen LogP contribution in [0.25, 0.3) is 0 Å². The Kier molecular flexibility index (Phi) is 5.86. The summed E-state index contributed by atoms with van der Waals surface area (Å²) in [5, 5.41) is 4.85. The second kappa shape index (κ2) is 8.52. The van der Waals surface area contributed by atoms with E-state index in [2.05, 4.69) is 15.6 Å². The van der Waals surface area contributed by atoms with Crippen LogP contribution >= 0.6 is 11.6 Å². The van der Waals surface area contributed by atoms with E-state index < -0.39 is 46.8 Å². The minimum Gasteiger partial charge on any atom is -0.342 e. The number of imidazole rings is 1. The number of nitrogens with one attached hydrogen (secondary N) is 2. The van der Waals surface area contributed by atoms with Gasteiger partial charge < -0.3 is 15.2 Å². The number of hydrogen-bond acceptors (Lipinski definition) is 4. The highest BCUT2D eigenvalue weighted by Gasteiger charge is 2.35. The second-order valence-electron chi connectivity index (χ2n) is 7.25. The molecular weight excluding hydrogens is 487 g/mol. The number of fused-ring (bicyclic) bond motifs is 1. The number of alkyl halides is 3. The monoisotopic (exact) mass is 498 g/mol. The van der Waals surface area contributed by atoms with Crippen LogP contribution < -0.4 is 10.6 Å². The molecule has 0 fully saturated rings. The zero-order chi connectivity index (χ0) is 24.8. The van der Waals surface area contributed by atoms with Crippen molar-refractivity contribution in [1.29, 1.82) is 0 Å². The SMILES string of the molecule is O=Cc1nc(NC(=O)c2cc(F)cc(C(F)(F)F)c2)c2n1CC(=O)NC2c1cc(F)ccc1Cl. The molecule has 2 amide bonds. The van der Waals surface area contributed by atoms with Gasteiger partial charge in [-0.1, -0.05) is 11.6 Å². The Morgan fingerprint density at radius 2 is 1.91 bits per heavy atom. The molecule has 1 aromatic heterocycles. The molecule has 0 aliphatic carbocycles. The average molecular weight is 499 g/mol. The smallest absolute Gasteiger partial charge is 0.342 e. The van der Waals surface area contributed by atoms with Gasteiger partial charge >= 0.3 is 6.18 Å². The van der Waals surface area contributed by atoms with Gasteiger partial charge in [0.1, 0.15) is 18.2 Å². The van der Waals surface area contributed by atoms with Crippen LogP contribution in [0.15, 0.2) is 36.4 Å². The van der Waals surface area contributed by atoms with E-state index in [1.54, 1.807) is 0 Å². The molecular formula is C21H12ClF5N4O3. The van der Waals surface area contributed by atoms with Crippen molar-refractivity contribution in [2.45, 2.75) is 18.8 Å². The van der Waals surface area contributed by atoms with Crippen molar-refractivity contribution in [3.8, 4) is 0 Å². The molecule has 1 unspecified atom stereocenters. The number of rotatable bonds is 4. The largest absolute Gasteiger partial charge is 0.416 e. The van der Waals surface area contributed by atoms with Gasteiger partial charge in [0.15, 0.2) is 17.9 Å². The van der Waals surface area contributed by atoms with Gasteiger partial charge in [-0.15, -0.1) is 0 Å². The summed E-state index contributed by atoms with van der Waals surface area (Å²) < 4.78 is 67.9. The van der Waals surface area contributed by atoms with E-state index in [1.165, 1.54) is 6.07 Å². The molecule has 7 nitrogen and oxygen atoms in total. The number of aldehydes is 1.